The number of nitrogens with one attached hydrogen (secondary N) is 4. The first kappa shape index (κ1) is 36.5. The molecule has 1 saturated heterocycles. The van der Waals surface area contributed by atoms with Crippen LogP contribution in [0.25, 0.3) is 0 Å². The second kappa shape index (κ2) is 14.0. The molecule has 6 amide bonds. The van der Waals surface area contributed by atoms with Gasteiger partial charge in [-0.25, -0.2) is 9.59 Å². The van der Waals surface area contributed by atoms with E-state index in [2.05, 4.69) is 35.1 Å². The van der Waals surface area contributed by atoms with Crippen LogP contribution < -0.4 is 27.0 Å². The molecule has 0 aromatic heterocycles. The highest BCUT2D eigenvalue weighted by atomic mass is 16.5. The number of alkyl carbamates (subject to hydrolysis) is 1. The number of urea groups is 1. The molecule has 4 aliphatic rings. The van der Waals surface area contributed by atoms with E-state index in [1.165, 1.54) is 0 Å². The van der Waals surface area contributed by atoms with Gasteiger partial charge in [-0.3, -0.25) is 19.2 Å². The fraction of sp³-hybridized carbons (Fsp3) is 0.824. The Kier molecular flexibility index (Phi) is 10.9. The first-order valence-electron chi connectivity index (χ1n) is 17.3. The molecule has 0 bridgehead atoms. The Balaban J connectivity index is 1.56. The van der Waals surface area contributed by atoms with Crippen LogP contribution >= 0.6 is 0 Å². The van der Waals surface area contributed by atoms with E-state index >= 15 is 0 Å². The topological polar surface area (TPSA) is 189 Å². The van der Waals surface area contributed by atoms with Crippen LogP contribution in [0, 0.1) is 34.0 Å². The third-order valence-electron chi connectivity index (χ3n) is 11.2. The molecule has 0 radical (unpaired) electrons. The summed E-state index contributed by atoms with van der Waals surface area (Å²) in [7, 11) is 0. The lowest BCUT2D eigenvalue weighted by molar-refractivity contribution is -0.145. The normalized spacial score (nSPS) is 26.1. The third kappa shape index (κ3) is 8.38. The number of amides is 6. The minimum atomic E-state index is -1.09. The summed E-state index contributed by atoms with van der Waals surface area (Å²) < 4.78 is 5.34. The highest BCUT2D eigenvalue weighted by Crippen LogP contribution is 2.65. The fourth-order valence-corrected chi connectivity index (χ4v) is 7.70. The van der Waals surface area contributed by atoms with E-state index in [1.807, 2.05) is 27.7 Å². The predicted octanol–water partition coefficient (Wildman–Crippen LogP) is 2.61. The van der Waals surface area contributed by atoms with Gasteiger partial charge in [0.2, 0.25) is 17.6 Å². The number of ether oxygens (including phenoxy) is 1. The first-order chi connectivity index (χ1) is 21.9. The Morgan fingerprint density at radius 2 is 1.60 bits per heavy atom. The van der Waals surface area contributed by atoms with Gasteiger partial charge < -0.3 is 36.6 Å². The molecule has 47 heavy (non-hydrogen) atoms. The van der Waals surface area contributed by atoms with E-state index in [0.717, 1.165) is 44.9 Å². The number of fused-ring (bicyclic) bond motifs is 1. The van der Waals surface area contributed by atoms with Crippen molar-refractivity contribution in [3.8, 4) is 0 Å². The SMILES string of the molecule is CCNC(=O)OC[C@@H](NC(=O)N[C@H](C(=O)N1C[C@H]2[C@@H]([C@H]1C(=O)NC(CC1CC1)C(=O)C(N)=O)C2(C)C)C1(C)CCCCC1)C(C)(C)C. The van der Waals surface area contributed by atoms with Crippen molar-refractivity contribution >= 4 is 35.6 Å². The number of hydrogen-bond acceptors (Lipinski definition) is 7. The van der Waals surface area contributed by atoms with Crippen molar-refractivity contribution in [2.75, 3.05) is 19.7 Å². The molecule has 6 N–H and O–H groups in total. The summed E-state index contributed by atoms with van der Waals surface area (Å²) in [4.78, 5) is 80.4. The van der Waals surface area contributed by atoms with Crippen LogP contribution in [0.4, 0.5) is 9.59 Å². The second-order valence-electron chi connectivity index (χ2n) is 16.2. The Hall–Kier alpha value is -3.38. The molecule has 3 saturated carbocycles. The molecule has 0 spiro atoms. The average Bonchev–Trinajstić information content (AvgIpc) is 3.84. The molecule has 1 unspecified atom stereocenters. The smallest absolute Gasteiger partial charge is 0.407 e. The average molecular weight is 661 g/mol. The molecule has 0 aromatic rings. The molecule has 1 heterocycles. The van der Waals surface area contributed by atoms with Gasteiger partial charge in [0.1, 0.15) is 18.7 Å². The van der Waals surface area contributed by atoms with Crippen LogP contribution in [0.15, 0.2) is 0 Å². The Labute approximate surface area is 278 Å². The molecule has 13 heteroatoms. The number of Topliss-reactive ketones (excluding diaryl/α,β-unsaturated/α-hetero) is 1. The Bertz CT molecular complexity index is 1240. The van der Waals surface area contributed by atoms with Gasteiger partial charge in [-0.2, -0.15) is 0 Å². The number of piperidine rings is 1. The van der Waals surface area contributed by atoms with E-state index in [1.54, 1.807) is 11.8 Å². The Morgan fingerprint density at radius 1 is 0.957 bits per heavy atom. The van der Waals surface area contributed by atoms with Gasteiger partial charge in [-0.05, 0) is 60.2 Å². The van der Waals surface area contributed by atoms with E-state index in [-0.39, 0.29) is 35.7 Å². The van der Waals surface area contributed by atoms with Crippen molar-refractivity contribution in [3.63, 3.8) is 0 Å². The van der Waals surface area contributed by atoms with Crippen LogP contribution in [0.5, 0.6) is 0 Å². The number of hydrogen-bond donors (Lipinski definition) is 5. The number of primary amides is 1. The third-order valence-corrected chi connectivity index (χ3v) is 11.2. The van der Waals surface area contributed by atoms with Crippen LogP contribution in [0.1, 0.15) is 99.8 Å². The van der Waals surface area contributed by atoms with Gasteiger partial charge in [0.05, 0.1) is 12.1 Å². The predicted molar refractivity (Wildman–Crippen MR) is 175 cm³/mol. The maximum Gasteiger partial charge on any atom is 0.407 e. The van der Waals surface area contributed by atoms with Crippen molar-refractivity contribution in [2.24, 2.45) is 39.7 Å². The molecule has 3 aliphatic carbocycles. The largest absolute Gasteiger partial charge is 0.447 e. The summed E-state index contributed by atoms with van der Waals surface area (Å²) in [6.07, 6.45) is 5.92. The van der Waals surface area contributed by atoms with Gasteiger partial charge in [-0.15, -0.1) is 0 Å². The van der Waals surface area contributed by atoms with Gasteiger partial charge in [0.15, 0.2) is 0 Å². The van der Waals surface area contributed by atoms with Crippen molar-refractivity contribution in [2.45, 2.75) is 124 Å². The van der Waals surface area contributed by atoms with E-state index in [4.69, 9.17) is 10.5 Å². The van der Waals surface area contributed by atoms with Crippen LogP contribution in [0.2, 0.25) is 0 Å². The van der Waals surface area contributed by atoms with Crippen LogP contribution in [-0.2, 0) is 23.9 Å². The van der Waals surface area contributed by atoms with Crippen LogP contribution in [0.3, 0.4) is 0 Å². The van der Waals surface area contributed by atoms with E-state index in [9.17, 15) is 28.8 Å². The molecule has 1 aliphatic heterocycles. The minimum Gasteiger partial charge on any atom is -0.447 e. The standard InChI is InChI=1S/C34H56N6O7/c1-8-36-31(46)47-18-22(32(2,3)4)38-30(45)39-26(34(7)14-10-9-11-15-34)29(44)40-17-20-23(33(20,5)6)24(40)28(43)37-21(16-19-12-13-19)25(41)27(35)42/h19-24,26H,8-18H2,1-7H3,(H2,35,42)(H,36,46)(H,37,43)(H2,38,39,45)/t20-,21?,22+,23-,24-,26+/m0/s1. The van der Waals surface area contributed by atoms with Gasteiger partial charge in [-0.1, -0.05) is 73.6 Å². The van der Waals surface area contributed by atoms with Gasteiger partial charge in [0, 0.05) is 13.1 Å². The summed E-state index contributed by atoms with van der Waals surface area (Å²) >= 11 is 0. The monoisotopic (exact) mass is 660 g/mol. The summed E-state index contributed by atoms with van der Waals surface area (Å²) in [5, 5.41) is 11.3. The lowest BCUT2D eigenvalue weighted by atomic mass is 9.70. The summed E-state index contributed by atoms with van der Waals surface area (Å²) in [5.74, 6) is -2.52. The van der Waals surface area contributed by atoms with Crippen LogP contribution in [-0.4, -0.2) is 84.4 Å². The summed E-state index contributed by atoms with van der Waals surface area (Å²) in [6.45, 7) is 14.4. The lowest BCUT2D eigenvalue weighted by Crippen LogP contribution is -2.63. The molecular weight excluding hydrogens is 604 g/mol. The molecule has 264 valence electrons. The number of carbonyl (C=O) groups is 6. The quantitative estimate of drug-likeness (QED) is 0.188. The minimum absolute atomic E-state index is 0.0580. The molecular formula is C34H56N6O7. The van der Waals surface area contributed by atoms with E-state index < -0.39 is 64.7 Å². The zero-order chi connectivity index (χ0) is 34.9. The number of likely N-dealkylation sites (tertiary alicyclic amines) is 1. The maximum absolute atomic E-state index is 14.6. The van der Waals surface area contributed by atoms with Crippen molar-refractivity contribution in [1.29, 1.82) is 0 Å². The number of rotatable bonds is 13. The highest BCUT2D eigenvalue weighted by molar-refractivity contribution is 6.37. The lowest BCUT2D eigenvalue weighted by Gasteiger charge is -2.43. The van der Waals surface area contributed by atoms with Crippen molar-refractivity contribution in [1.82, 2.24) is 26.2 Å². The zero-order valence-electron chi connectivity index (χ0n) is 29.2. The van der Waals surface area contributed by atoms with Crippen molar-refractivity contribution < 1.29 is 33.5 Å². The number of ketones is 1. The summed E-state index contributed by atoms with van der Waals surface area (Å²) in [6, 6.07) is -3.91. The molecule has 4 rings (SSSR count). The molecule has 4 fully saturated rings. The van der Waals surface area contributed by atoms with Gasteiger partial charge >= 0.3 is 12.1 Å². The van der Waals surface area contributed by atoms with Crippen molar-refractivity contribution in [3.05, 3.63) is 0 Å². The van der Waals surface area contributed by atoms with Gasteiger partial charge in [0.25, 0.3) is 5.91 Å². The number of nitrogens with zero attached hydrogens (tertiary/aromatic N) is 1. The Morgan fingerprint density at radius 3 is 2.15 bits per heavy atom. The fourth-order valence-electron chi connectivity index (χ4n) is 7.70. The van der Waals surface area contributed by atoms with E-state index in [0.29, 0.717) is 19.5 Å². The first-order valence-corrected chi connectivity index (χ1v) is 17.3. The summed E-state index contributed by atoms with van der Waals surface area (Å²) in [5.41, 5.74) is 4.12. The molecule has 6 atom stereocenters. The maximum atomic E-state index is 14.6. The zero-order valence-corrected chi connectivity index (χ0v) is 29.2. The highest BCUT2D eigenvalue weighted by Gasteiger charge is 2.70. The second-order valence-corrected chi connectivity index (χ2v) is 16.2. The number of carbonyl (C=O) groups excluding carboxylic acids is 6. The molecule has 13 nitrogen and oxygen atoms in total. The molecule has 0 aromatic carbocycles. The number of nitrogens with two attached hydrogens (primary N) is 1.